The summed E-state index contributed by atoms with van der Waals surface area (Å²) in [6, 6.07) is 31.8. The molecule has 0 aliphatic rings. The van der Waals surface area contributed by atoms with E-state index in [1.54, 1.807) is 36.4 Å². The number of rotatable bonds is 40. The van der Waals surface area contributed by atoms with Gasteiger partial charge in [0.05, 0.1) is 92.4 Å². The Morgan fingerprint density at radius 3 is 1.12 bits per heavy atom. The van der Waals surface area contributed by atoms with E-state index in [0.717, 1.165) is 117 Å². The number of benzene rings is 6. The van der Waals surface area contributed by atoms with Crippen molar-refractivity contribution in [2.24, 2.45) is 0 Å². The Hall–Kier alpha value is -12.0. The number of nitrogens with two attached hydrogens (primary N) is 3. The maximum Gasteiger partial charge on any atom is 0.524 e. The van der Waals surface area contributed by atoms with Crippen molar-refractivity contribution in [3.05, 3.63) is 198 Å². The molecule has 6 aromatic heterocycles. The van der Waals surface area contributed by atoms with E-state index in [4.69, 9.17) is 50.9 Å². The summed E-state index contributed by atoms with van der Waals surface area (Å²) in [6.07, 6.45) is 13.2. The van der Waals surface area contributed by atoms with E-state index in [1.807, 2.05) is 63.7 Å². The van der Waals surface area contributed by atoms with Crippen LogP contribution in [0.15, 0.2) is 147 Å². The maximum atomic E-state index is 11.6. The number of imidazole rings is 3. The predicted molar refractivity (Wildman–Crippen MR) is 456 cm³/mol. The van der Waals surface area contributed by atoms with Gasteiger partial charge in [-0.1, -0.05) is 133 Å². The zero-order valence-corrected chi connectivity index (χ0v) is 68.3. The molecular formula is C84H101N15O18P2. The number of para-hydroxylation sites is 3. The van der Waals surface area contributed by atoms with Crippen LogP contribution < -0.4 is 42.2 Å². The van der Waals surface area contributed by atoms with Gasteiger partial charge in [-0.25, -0.2) is 39.0 Å². The van der Waals surface area contributed by atoms with Gasteiger partial charge in [0.25, 0.3) is 0 Å². The van der Waals surface area contributed by atoms with Crippen LogP contribution in [0.4, 0.5) is 17.5 Å². The van der Waals surface area contributed by atoms with Gasteiger partial charge in [0.15, 0.2) is 52.0 Å². The molecule has 0 bridgehead atoms. The molecule has 12 rings (SSSR count). The molecule has 0 aliphatic heterocycles. The van der Waals surface area contributed by atoms with E-state index in [-0.39, 0.29) is 76.9 Å². The maximum absolute atomic E-state index is 11.6. The molecule has 0 unspecified atom stereocenters. The lowest BCUT2D eigenvalue weighted by Crippen LogP contribution is -2.25. The summed E-state index contributed by atoms with van der Waals surface area (Å²) in [6.45, 7) is 20.9. The van der Waals surface area contributed by atoms with E-state index in [2.05, 4.69) is 80.5 Å². The molecule has 0 aliphatic carbocycles. The van der Waals surface area contributed by atoms with Crippen LogP contribution in [0.3, 0.4) is 0 Å². The molecule has 0 fully saturated rings. The standard InChI is InChI=1S/2C28H34N5O7P.C28H33N5O4/c1-3-5-9-23-32-25-26(33(23)17-19-7-6-8-22(27(19)35)40-41(36,37)38)20-11-10-18(16-21(20)31-28(25)29)12-14-39-15-13-30-24(34)4-2;1-3-5-9-23-32-25-26(33(23)17-19-7-6-8-22(34)27(19)40-41(36,37)38)20-11-10-18(16-21(20)31-28(25)29)12-14-39-15-13-30-24(35)4-2;1-3-5-9-23-32-25-26(33(23)17-19-7-6-8-22(34)27(19)36)20-11-10-18(16-21(20)31-28(25)29)12-14-37-15-13-30-24(35)4-2/h4,6-8,10-11,16,35H,2-3,5,9,12-15,17H2,1H3,(H2,29,31)(H,30,34)(H2,36,37,38);4,6-8,10-11,16,34H,2-3,5,9,12-15,17H2,1H3,(H2,29,31)(H,30,35)(H2,36,37,38);4,6-8,10-11,16,34,36H,2-3,5,9,12-15,17H2,1H3,(H2,29,31)(H,30,35). The summed E-state index contributed by atoms with van der Waals surface area (Å²) in [5.41, 5.74) is 29.7. The fourth-order valence-corrected chi connectivity index (χ4v) is 14.3. The minimum Gasteiger partial charge on any atom is -0.504 e. The first-order valence-electron chi connectivity index (χ1n) is 38.9. The molecule has 17 N–H and O–H groups in total. The number of nitrogens with zero attached hydrogens (tertiary/aromatic N) is 9. The Labute approximate surface area is 686 Å². The van der Waals surface area contributed by atoms with E-state index in [0.29, 0.717) is 148 Å². The summed E-state index contributed by atoms with van der Waals surface area (Å²) in [5, 5.41) is 52.2. The van der Waals surface area contributed by atoms with E-state index in [9.17, 15) is 63.5 Å². The largest absolute Gasteiger partial charge is 0.524 e. The first-order chi connectivity index (χ1) is 57.1. The number of phenols is 4. The lowest BCUT2D eigenvalue weighted by atomic mass is 10.1. The second-order valence-electron chi connectivity index (χ2n) is 27.8. The molecule has 630 valence electrons. The number of aryl methyl sites for hydroxylation is 3. The average Bonchev–Trinajstić information content (AvgIpc) is 1.63. The average molecular weight is 1670 g/mol. The van der Waals surface area contributed by atoms with Crippen LogP contribution in [0, 0.1) is 0 Å². The second kappa shape index (κ2) is 41.9. The number of amides is 3. The Morgan fingerprint density at radius 2 is 0.765 bits per heavy atom. The Morgan fingerprint density at radius 1 is 0.429 bits per heavy atom. The fraction of sp³-hybridized carbons (Fsp3) is 0.321. The predicted octanol–water partition coefficient (Wildman–Crippen LogP) is 11.0. The molecule has 6 aromatic carbocycles. The van der Waals surface area contributed by atoms with Gasteiger partial charge in [-0.15, -0.1) is 0 Å². The highest BCUT2D eigenvalue weighted by atomic mass is 31.2. The molecule has 33 nitrogen and oxygen atoms in total. The number of phosphoric acid groups is 2. The van der Waals surface area contributed by atoms with Gasteiger partial charge in [-0.05, 0) is 110 Å². The molecule has 0 spiro atoms. The highest BCUT2D eigenvalue weighted by molar-refractivity contribution is 7.47. The van der Waals surface area contributed by atoms with Gasteiger partial charge in [0, 0.05) is 71.7 Å². The second-order valence-corrected chi connectivity index (χ2v) is 30.2. The van der Waals surface area contributed by atoms with Gasteiger partial charge in [-0.3, -0.25) is 34.0 Å². The van der Waals surface area contributed by atoms with Gasteiger partial charge >= 0.3 is 15.6 Å². The molecule has 0 saturated carbocycles. The minimum absolute atomic E-state index is 0.121. The van der Waals surface area contributed by atoms with Gasteiger partial charge in [0.2, 0.25) is 17.7 Å². The number of hydrogen-bond donors (Lipinski definition) is 14. The molecule has 0 atom stereocenters. The first kappa shape index (κ1) is 89.3. The molecule has 0 saturated heterocycles. The molecular weight excluding hydrogens is 1570 g/mol. The van der Waals surface area contributed by atoms with Crippen LogP contribution in [0.25, 0.3) is 65.8 Å². The number of anilines is 3. The van der Waals surface area contributed by atoms with Crippen LogP contribution in [0.1, 0.15) is 110 Å². The molecule has 35 heteroatoms. The van der Waals surface area contributed by atoms with Crippen molar-refractivity contribution in [2.45, 2.75) is 117 Å². The summed E-state index contributed by atoms with van der Waals surface area (Å²) in [4.78, 5) is 99.3. The number of carbonyl (C=O) groups excluding carboxylic acids is 3. The third kappa shape index (κ3) is 23.7. The lowest BCUT2D eigenvalue weighted by molar-refractivity contribution is -0.117. The number of nitrogens with one attached hydrogen (secondary N) is 3. The van der Waals surface area contributed by atoms with E-state index < -0.39 is 15.6 Å². The van der Waals surface area contributed by atoms with Crippen molar-refractivity contribution in [2.75, 3.05) is 76.5 Å². The zero-order chi connectivity index (χ0) is 85.5. The smallest absolute Gasteiger partial charge is 0.504 e. The Balaban J connectivity index is 0.000000188. The molecule has 12 aromatic rings. The van der Waals surface area contributed by atoms with Gasteiger partial charge in [-0.2, -0.15) is 0 Å². The monoisotopic (exact) mass is 1670 g/mol. The van der Waals surface area contributed by atoms with Crippen molar-refractivity contribution in [1.29, 1.82) is 0 Å². The van der Waals surface area contributed by atoms with Crippen LogP contribution in [-0.4, -0.2) is 161 Å². The van der Waals surface area contributed by atoms with Crippen LogP contribution in [-0.2, 0) is 95.9 Å². The number of nitrogen functional groups attached to an aromatic ring is 3. The number of aromatic nitrogens is 9. The number of pyridine rings is 3. The summed E-state index contributed by atoms with van der Waals surface area (Å²) >= 11 is 0. The van der Waals surface area contributed by atoms with Crippen LogP contribution >= 0.6 is 15.6 Å². The van der Waals surface area contributed by atoms with Crippen LogP contribution in [0.2, 0.25) is 0 Å². The summed E-state index contributed by atoms with van der Waals surface area (Å²) < 4.78 is 55.4. The highest BCUT2D eigenvalue weighted by Crippen LogP contribution is 2.46. The van der Waals surface area contributed by atoms with Gasteiger partial charge < -0.3 is 90.5 Å². The number of fused-ring (bicyclic) bond motifs is 9. The van der Waals surface area contributed by atoms with E-state index in [1.165, 1.54) is 36.4 Å². The number of aromatic hydroxyl groups is 4. The molecule has 119 heavy (non-hydrogen) atoms. The van der Waals surface area contributed by atoms with Crippen molar-refractivity contribution in [3.63, 3.8) is 0 Å². The zero-order valence-electron chi connectivity index (χ0n) is 66.5. The lowest BCUT2D eigenvalue weighted by Gasteiger charge is -2.16. The van der Waals surface area contributed by atoms with Gasteiger partial charge in [0.1, 0.15) is 34.0 Å². The third-order valence-corrected chi connectivity index (χ3v) is 20.1. The number of hydrogen-bond acceptors (Lipinski definition) is 23. The summed E-state index contributed by atoms with van der Waals surface area (Å²) in [5.74, 6) is 0.895. The van der Waals surface area contributed by atoms with E-state index >= 15 is 0 Å². The number of phenolic OH excluding ortho intramolecular Hbond substituents is 4. The number of unbranched alkanes of at least 4 members (excludes halogenated alkanes) is 3. The van der Waals surface area contributed by atoms with Crippen molar-refractivity contribution in [3.8, 4) is 34.5 Å². The summed E-state index contributed by atoms with van der Waals surface area (Å²) in [7, 11) is -9.80. The van der Waals surface area contributed by atoms with Crippen molar-refractivity contribution >= 4 is 117 Å². The number of ether oxygens (including phenoxy) is 3. The van der Waals surface area contributed by atoms with Crippen molar-refractivity contribution < 1.29 is 86.8 Å². The number of phosphoric ester groups is 2. The topological polar surface area (TPSA) is 500 Å². The highest BCUT2D eigenvalue weighted by Gasteiger charge is 2.27. The fourth-order valence-electron chi connectivity index (χ4n) is 13.4. The Kier molecular flexibility index (Phi) is 31.4. The SMILES string of the molecule is C=CC(=O)NCCOCCc1ccc2c(c1)nc(N)c1nc(CCCC)n(Cc3cccc(O)c3O)c12.C=CC(=O)NCCOCCc1ccc2c(c1)nc(N)c1nc(CCCC)n(Cc3cccc(O)c3OP(=O)(O)O)c12.C=CC(=O)NCCOCCc1ccc2c(c1)nc(N)c1nc(CCCC)n(Cc3cccc(OP(=O)(O)O)c3O)c12. The molecule has 6 heterocycles. The van der Waals surface area contributed by atoms with Crippen molar-refractivity contribution in [1.82, 2.24) is 59.6 Å². The molecule has 3 amide bonds. The van der Waals surface area contributed by atoms with Crippen LogP contribution in [0.5, 0.6) is 34.5 Å². The third-order valence-electron chi connectivity index (χ3n) is 19.3. The first-order valence-corrected chi connectivity index (χ1v) is 42.0. The number of carbonyl (C=O) groups is 3. The minimum atomic E-state index is -4.93. The molecule has 0 radical (unpaired) electrons. The quantitative estimate of drug-likeness (QED) is 0.00734. The normalized spacial score (nSPS) is 11.6. The Bertz CT molecular complexity index is 5760.